The van der Waals surface area contributed by atoms with Gasteiger partial charge >= 0.3 is 11.9 Å². The van der Waals surface area contributed by atoms with Crippen LogP contribution >= 0.6 is 0 Å². The third kappa shape index (κ3) is 66.5. The first kappa shape index (κ1) is 80.2. The highest BCUT2D eigenvalue weighted by molar-refractivity contribution is 5.70. The monoisotopic (exact) mass is 1180 g/mol. The quantitative estimate of drug-likeness (QED) is 0.0195. The molecule has 2 atom stereocenters. The Labute approximate surface area is 522 Å². The summed E-state index contributed by atoms with van der Waals surface area (Å²) in [6, 6.07) is 0. The second-order valence-electron chi connectivity index (χ2n) is 23.4. The average molecular weight is 1180 g/mol. The third-order valence-corrected chi connectivity index (χ3v) is 14.1. The molecule has 0 aromatic carbocycles. The summed E-state index contributed by atoms with van der Waals surface area (Å²) in [5.74, 6) is -2.33. The van der Waals surface area contributed by atoms with Gasteiger partial charge in [-0.3, -0.25) is 9.59 Å². The molecule has 0 aliphatic rings. The molecule has 9 nitrogen and oxygen atoms in total. The van der Waals surface area contributed by atoms with E-state index >= 15 is 0 Å². The second-order valence-corrected chi connectivity index (χ2v) is 23.4. The normalized spacial score (nSPS) is 13.7. The number of esters is 2. The number of allylic oxidation sites excluding steroid dienone is 24. The zero-order valence-corrected chi connectivity index (χ0v) is 54.9. The lowest BCUT2D eigenvalue weighted by Crippen LogP contribution is -2.44. The van der Waals surface area contributed by atoms with Gasteiger partial charge in [-0.15, -0.1) is 0 Å². The highest BCUT2D eigenvalue weighted by Gasteiger charge is 2.22. The van der Waals surface area contributed by atoms with E-state index in [0.717, 1.165) is 116 Å². The van der Waals surface area contributed by atoms with Crippen molar-refractivity contribution in [1.82, 2.24) is 0 Å². The van der Waals surface area contributed by atoms with Gasteiger partial charge in [-0.2, -0.15) is 0 Å². The molecule has 0 aromatic rings. The minimum Gasteiger partial charge on any atom is -0.545 e. The molecule has 9 heteroatoms. The van der Waals surface area contributed by atoms with Gasteiger partial charge in [0.15, 0.2) is 12.4 Å². The van der Waals surface area contributed by atoms with E-state index in [1.165, 1.54) is 109 Å². The number of carboxylic acids is 1. The molecule has 0 N–H and O–H groups in total. The molecule has 2 unspecified atom stereocenters. The molecule has 482 valence electrons. The zero-order chi connectivity index (χ0) is 61.9. The fourth-order valence-electron chi connectivity index (χ4n) is 8.89. The number of hydrogen-bond acceptors (Lipinski definition) is 8. The Bertz CT molecular complexity index is 1900. The Kier molecular flexibility index (Phi) is 61.4. The molecule has 0 amide bonds. The van der Waals surface area contributed by atoms with Crippen LogP contribution in [0.2, 0.25) is 0 Å². The number of ether oxygens (including phenoxy) is 4. The number of hydrogen-bond donors (Lipinski definition) is 0. The standard InChI is InChI=1S/C76H125NO8/c1-6-8-10-12-14-16-18-20-22-24-26-28-30-32-33-34-35-36-37-38-39-40-41-43-45-47-49-51-53-55-57-59-61-63-65-67-74(79)85-72(71-84-76(75(80)81)82-69-68-77(3,4)5)70-83-73(78)66-64-62-60-58-56-54-52-50-48-46-44-42-31-29-27-25-23-21-19-17-15-13-11-9-7-2/h8,10,14,16,19-22,25-28,32-33,35-36,38-39,41,43,47,49,53,55,72,76H,6-7,9,11-13,15,17-18,23-24,29-31,34,37,40,42,44-46,48,50-52,54,56-71H2,1-5H3/b10-8-,16-14-,21-19-,22-20-,27-25-,28-26-,33-32-,36-35-,39-38-,43-41-,49-47-,55-53-. The van der Waals surface area contributed by atoms with Gasteiger partial charge in [0.2, 0.25) is 0 Å². The SMILES string of the molecule is CC/C=C\C/C=C\C/C=C\C/C=C\C/C=C\C/C=C\C/C=C\C/C=C\C/C=C\C/C=C\CCCCCCC(=O)OC(COC(=O)CCCCCCCCCCCCCCC/C=C\C/C=C\CCCCCCC)COC(OCC[N+](C)(C)C)C(=O)[O-]. The summed E-state index contributed by atoms with van der Waals surface area (Å²) in [7, 11) is 5.91. The molecule has 85 heavy (non-hydrogen) atoms. The lowest BCUT2D eigenvalue weighted by Gasteiger charge is -2.26. The van der Waals surface area contributed by atoms with Crippen LogP contribution in [0.25, 0.3) is 0 Å². The predicted molar refractivity (Wildman–Crippen MR) is 361 cm³/mol. The van der Waals surface area contributed by atoms with Gasteiger partial charge < -0.3 is 33.3 Å². The summed E-state index contributed by atoms with van der Waals surface area (Å²) in [5, 5.41) is 11.8. The molecule has 0 heterocycles. The van der Waals surface area contributed by atoms with E-state index in [1.807, 2.05) is 21.1 Å². The highest BCUT2D eigenvalue weighted by Crippen LogP contribution is 2.15. The summed E-state index contributed by atoms with van der Waals surface area (Å²) in [4.78, 5) is 37.5. The number of aliphatic carboxylic acids is 1. The topological polar surface area (TPSA) is 111 Å². The largest absolute Gasteiger partial charge is 0.545 e. The molecule has 0 aliphatic heterocycles. The van der Waals surface area contributed by atoms with Crippen LogP contribution in [0.5, 0.6) is 0 Å². The van der Waals surface area contributed by atoms with E-state index in [2.05, 4.69) is 160 Å². The molecule has 0 spiro atoms. The van der Waals surface area contributed by atoms with Crippen molar-refractivity contribution in [3.05, 3.63) is 146 Å². The Hall–Kier alpha value is -4.83. The lowest BCUT2D eigenvalue weighted by molar-refractivity contribution is -0.870. The van der Waals surface area contributed by atoms with Gasteiger partial charge in [0, 0.05) is 12.8 Å². The van der Waals surface area contributed by atoms with Crippen LogP contribution in [-0.2, 0) is 33.3 Å². The summed E-state index contributed by atoms with van der Waals surface area (Å²) in [6.45, 7) is 4.59. The molecule has 0 fully saturated rings. The van der Waals surface area contributed by atoms with Crippen molar-refractivity contribution in [2.75, 3.05) is 47.5 Å². The van der Waals surface area contributed by atoms with Crippen molar-refractivity contribution in [2.24, 2.45) is 0 Å². The van der Waals surface area contributed by atoms with E-state index in [-0.39, 0.29) is 38.6 Å². The molecular weight excluding hydrogens is 1050 g/mol. The molecule has 0 radical (unpaired) electrons. The van der Waals surface area contributed by atoms with Crippen molar-refractivity contribution in [2.45, 2.75) is 270 Å². The fourth-order valence-corrected chi connectivity index (χ4v) is 8.89. The van der Waals surface area contributed by atoms with E-state index in [9.17, 15) is 19.5 Å². The first-order valence-electron chi connectivity index (χ1n) is 34.0. The molecule has 0 saturated carbocycles. The van der Waals surface area contributed by atoms with E-state index in [0.29, 0.717) is 17.4 Å². The van der Waals surface area contributed by atoms with Gasteiger partial charge in [0.05, 0.1) is 40.3 Å². The first-order chi connectivity index (χ1) is 41.6. The molecule has 0 aliphatic carbocycles. The van der Waals surface area contributed by atoms with Crippen molar-refractivity contribution in [3.63, 3.8) is 0 Å². The maximum absolute atomic E-state index is 12.9. The molecule has 0 bridgehead atoms. The number of carbonyl (C=O) groups excluding carboxylic acids is 3. The van der Waals surface area contributed by atoms with Crippen LogP contribution < -0.4 is 5.11 Å². The lowest BCUT2D eigenvalue weighted by atomic mass is 10.0. The Morgan fingerprint density at radius 2 is 0.671 bits per heavy atom. The maximum Gasteiger partial charge on any atom is 0.306 e. The van der Waals surface area contributed by atoms with Crippen molar-refractivity contribution >= 4 is 17.9 Å². The summed E-state index contributed by atoms with van der Waals surface area (Å²) in [6.07, 6.45) is 92.0. The van der Waals surface area contributed by atoms with Gasteiger partial charge in [-0.05, 0) is 122 Å². The van der Waals surface area contributed by atoms with Crippen LogP contribution in [0.4, 0.5) is 0 Å². The summed E-state index contributed by atoms with van der Waals surface area (Å²) in [5.41, 5.74) is 0. The highest BCUT2D eigenvalue weighted by atomic mass is 16.7. The number of carbonyl (C=O) groups is 3. The minimum absolute atomic E-state index is 0.135. The number of likely N-dealkylation sites (N-methyl/N-ethyl adjacent to an activating group) is 1. The van der Waals surface area contributed by atoms with Crippen molar-refractivity contribution in [3.8, 4) is 0 Å². The number of nitrogens with zero attached hydrogens (tertiary/aromatic N) is 1. The summed E-state index contributed by atoms with van der Waals surface area (Å²) >= 11 is 0. The number of unbranched alkanes of at least 4 members (excludes halogenated alkanes) is 22. The van der Waals surface area contributed by atoms with Gasteiger partial charge in [-0.1, -0.05) is 269 Å². The van der Waals surface area contributed by atoms with Crippen molar-refractivity contribution in [1.29, 1.82) is 0 Å². The number of rotatable bonds is 61. The van der Waals surface area contributed by atoms with Crippen LogP contribution in [0.15, 0.2) is 146 Å². The summed E-state index contributed by atoms with van der Waals surface area (Å²) < 4.78 is 22.7. The Morgan fingerprint density at radius 3 is 1.00 bits per heavy atom. The van der Waals surface area contributed by atoms with Crippen LogP contribution in [0.3, 0.4) is 0 Å². The van der Waals surface area contributed by atoms with Crippen LogP contribution in [-0.4, -0.2) is 82.3 Å². The van der Waals surface area contributed by atoms with Crippen LogP contribution in [0, 0.1) is 0 Å². The maximum atomic E-state index is 12.9. The fraction of sp³-hybridized carbons (Fsp3) is 0.645. The molecule has 0 saturated heterocycles. The molecule has 0 rings (SSSR count). The van der Waals surface area contributed by atoms with E-state index in [1.54, 1.807) is 0 Å². The Morgan fingerprint density at radius 1 is 0.365 bits per heavy atom. The van der Waals surface area contributed by atoms with Gasteiger partial charge in [0.1, 0.15) is 13.2 Å². The van der Waals surface area contributed by atoms with Crippen molar-refractivity contribution < 1.29 is 42.9 Å². The number of quaternary nitrogens is 1. The van der Waals surface area contributed by atoms with Gasteiger partial charge in [-0.25, -0.2) is 0 Å². The Balaban J connectivity index is 4.26. The zero-order valence-electron chi connectivity index (χ0n) is 54.9. The predicted octanol–water partition coefficient (Wildman–Crippen LogP) is 19.8. The second kappa shape index (κ2) is 65.2. The average Bonchev–Trinajstić information content (AvgIpc) is 3.48. The molecular formula is C76H125NO8. The third-order valence-electron chi connectivity index (χ3n) is 14.1. The molecule has 0 aromatic heterocycles. The van der Waals surface area contributed by atoms with Gasteiger partial charge in [0.25, 0.3) is 0 Å². The van der Waals surface area contributed by atoms with E-state index < -0.39 is 24.3 Å². The minimum atomic E-state index is -1.64. The number of carboxylic acid groups (broad SMARTS) is 1. The van der Waals surface area contributed by atoms with Crippen LogP contribution in [0.1, 0.15) is 258 Å². The first-order valence-corrected chi connectivity index (χ1v) is 34.0. The smallest absolute Gasteiger partial charge is 0.306 e. The van der Waals surface area contributed by atoms with E-state index in [4.69, 9.17) is 18.9 Å².